The molecule has 2 aromatic carbocycles. The summed E-state index contributed by atoms with van der Waals surface area (Å²) in [6.45, 7) is 6.15. The van der Waals surface area contributed by atoms with E-state index in [0.717, 1.165) is 10.6 Å². The van der Waals surface area contributed by atoms with Crippen LogP contribution in [0.4, 0.5) is 0 Å². The van der Waals surface area contributed by atoms with E-state index in [1.807, 2.05) is 37.3 Å². The van der Waals surface area contributed by atoms with Crippen molar-refractivity contribution >= 4 is 11.6 Å². The molecule has 0 radical (unpaired) electrons. The Labute approximate surface area is 103 Å². The highest BCUT2D eigenvalue weighted by molar-refractivity contribution is 6.31. The molecule has 0 N–H and O–H groups in total. The van der Waals surface area contributed by atoms with Gasteiger partial charge in [0.2, 0.25) is 0 Å². The molecule has 0 fully saturated rings. The Kier molecular flexibility index (Phi) is 5.07. The first-order valence-electron chi connectivity index (χ1n) is 5.34. The first-order chi connectivity index (χ1) is 7.59. The molecular formula is C15H17Cl. The molecule has 0 aliphatic rings. The minimum atomic E-state index is 0.848. The number of benzene rings is 2. The molecule has 0 aliphatic carbocycles. The monoisotopic (exact) mass is 232 g/mol. The van der Waals surface area contributed by atoms with Gasteiger partial charge in [-0.3, -0.25) is 0 Å². The van der Waals surface area contributed by atoms with Crippen LogP contribution in [0.5, 0.6) is 0 Å². The van der Waals surface area contributed by atoms with E-state index in [-0.39, 0.29) is 0 Å². The molecule has 0 bridgehead atoms. The van der Waals surface area contributed by atoms with Gasteiger partial charge in [-0.1, -0.05) is 65.2 Å². The number of rotatable bonds is 0. The van der Waals surface area contributed by atoms with Crippen molar-refractivity contribution in [3.8, 4) is 0 Å². The van der Waals surface area contributed by atoms with Crippen LogP contribution in [0.1, 0.15) is 16.7 Å². The van der Waals surface area contributed by atoms with E-state index in [1.165, 1.54) is 11.1 Å². The van der Waals surface area contributed by atoms with Gasteiger partial charge in [-0.25, -0.2) is 0 Å². The normalized spacial score (nSPS) is 9.25. The zero-order chi connectivity index (χ0) is 12.0. The summed E-state index contributed by atoms with van der Waals surface area (Å²) in [6, 6.07) is 16.3. The lowest BCUT2D eigenvalue weighted by atomic mass is 10.2. The highest BCUT2D eigenvalue weighted by Gasteiger charge is 1.91. The van der Waals surface area contributed by atoms with Crippen LogP contribution in [0.25, 0.3) is 0 Å². The third-order valence-corrected chi connectivity index (χ3v) is 2.68. The van der Waals surface area contributed by atoms with Crippen molar-refractivity contribution < 1.29 is 0 Å². The van der Waals surface area contributed by atoms with Gasteiger partial charge in [-0.15, -0.1) is 0 Å². The summed E-state index contributed by atoms with van der Waals surface area (Å²) in [5.74, 6) is 0. The van der Waals surface area contributed by atoms with Gasteiger partial charge in [-0.2, -0.15) is 0 Å². The second kappa shape index (κ2) is 6.34. The predicted octanol–water partition coefficient (Wildman–Crippen LogP) is 4.95. The van der Waals surface area contributed by atoms with E-state index in [4.69, 9.17) is 11.6 Å². The summed E-state index contributed by atoms with van der Waals surface area (Å²) in [6.07, 6.45) is 0. The number of aryl methyl sites for hydroxylation is 3. The molecule has 16 heavy (non-hydrogen) atoms. The van der Waals surface area contributed by atoms with Crippen LogP contribution >= 0.6 is 11.6 Å². The van der Waals surface area contributed by atoms with Crippen molar-refractivity contribution in [3.63, 3.8) is 0 Å². The zero-order valence-corrected chi connectivity index (χ0v) is 10.8. The summed E-state index contributed by atoms with van der Waals surface area (Å²) in [7, 11) is 0. The minimum Gasteiger partial charge on any atom is -0.0841 e. The molecule has 0 amide bonds. The van der Waals surface area contributed by atoms with Crippen LogP contribution in [0.3, 0.4) is 0 Å². The molecule has 0 spiro atoms. The number of hydrogen-bond acceptors (Lipinski definition) is 0. The van der Waals surface area contributed by atoms with E-state index in [9.17, 15) is 0 Å². The maximum absolute atomic E-state index is 5.78. The average molecular weight is 233 g/mol. The molecule has 2 aromatic rings. The fourth-order valence-corrected chi connectivity index (χ4v) is 1.45. The summed E-state index contributed by atoms with van der Waals surface area (Å²) >= 11 is 5.78. The Morgan fingerprint density at radius 1 is 0.750 bits per heavy atom. The molecule has 84 valence electrons. The molecule has 0 saturated carbocycles. The molecule has 0 aromatic heterocycles. The lowest BCUT2D eigenvalue weighted by Gasteiger charge is -1.96. The van der Waals surface area contributed by atoms with E-state index in [1.54, 1.807) is 0 Å². The first kappa shape index (κ1) is 12.8. The first-order valence-corrected chi connectivity index (χ1v) is 5.72. The van der Waals surface area contributed by atoms with Crippen molar-refractivity contribution in [1.82, 2.24) is 0 Å². The summed E-state index contributed by atoms with van der Waals surface area (Å²) in [4.78, 5) is 0. The summed E-state index contributed by atoms with van der Waals surface area (Å²) in [5.41, 5.74) is 3.73. The van der Waals surface area contributed by atoms with E-state index in [0.29, 0.717) is 0 Å². The van der Waals surface area contributed by atoms with Crippen LogP contribution in [0.15, 0.2) is 48.5 Å². The van der Waals surface area contributed by atoms with Crippen LogP contribution in [-0.2, 0) is 0 Å². The largest absolute Gasteiger partial charge is 0.0841 e. The molecular weight excluding hydrogens is 216 g/mol. The van der Waals surface area contributed by atoms with Crippen molar-refractivity contribution in [1.29, 1.82) is 0 Å². The van der Waals surface area contributed by atoms with Gasteiger partial charge < -0.3 is 0 Å². The molecule has 0 aliphatic heterocycles. The standard InChI is InChI=1S/C8H9Cl.C7H8/c1-6-3-4-8(9)7(2)5-6;1-7-5-3-2-4-6-7/h3-5H,1-2H3;2-6H,1H3. The van der Waals surface area contributed by atoms with Gasteiger partial charge >= 0.3 is 0 Å². The van der Waals surface area contributed by atoms with Crippen LogP contribution < -0.4 is 0 Å². The molecule has 0 atom stereocenters. The topological polar surface area (TPSA) is 0 Å². The van der Waals surface area contributed by atoms with Gasteiger partial charge in [0.05, 0.1) is 0 Å². The van der Waals surface area contributed by atoms with Gasteiger partial charge in [0.1, 0.15) is 0 Å². The van der Waals surface area contributed by atoms with Gasteiger partial charge in [0.25, 0.3) is 0 Å². The zero-order valence-electron chi connectivity index (χ0n) is 10.00. The SMILES string of the molecule is Cc1ccc(Cl)c(C)c1.Cc1ccccc1. The lowest BCUT2D eigenvalue weighted by molar-refractivity contribution is 1.39. The average Bonchev–Trinajstić information content (AvgIpc) is 2.26. The van der Waals surface area contributed by atoms with Crippen molar-refractivity contribution in [2.24, 2.45) is 0 Å². The molecule has 0 nitrogen and oxygen atoms in total. The quantitative estimate of drug-likeness (QED) is 0.603. The highest BCUT2D eigenvalue weighted by Crippen LogP contribution is 2.14. The number of halogens is 1. The Bertz CT molecular complexity index is 432. The van der Waals surface area contributed by atoms with Crippen LogP contribution in [0.2, 0.25) is 5.02 Å². The number of hydrogen-bond donors (Lipinski definition) is 0. The lowest BCUT2D eigenvalue weighted by Crippen LogP contribution is -1.75. The van der Waals surface area contributed by atoms with E-state index in [2.05, 4.69) is 32.0 Å². The third kappa shape index (κ3) is 4.50. The highest BCUT2D eigenvalue weighted by atomic mass is 35.5. The molecule has 1 heteroatoms. The second-order valence-electron chi connectivity index (χ2n) is 3.91. The second-order valence-corrected chi connectivity index (χ2v) is 4.31. The minimum absolute atomic E-state index is 0.848. The fraction of sp³-hybridized carbons (Fsp3) is 0.200. The van der Waals surface area contributed by atoms with Crippen LogP contribution in [-0.4, -0.2) is 0 Å². The Morgan fingerprint density at radius 2 is 1.38 bits per heavy atom. The Hall–Kier alpha value is -1.27. The van der Waals surface area contributed by atoms with Gasteiger partial charge in [-0.05, 0) is 32.4 Å². The predicted molar refractivity (Wildman–Crippen MR) is 72.1 cm³/mol. The molecule has 0 saturated heterocycles. The molecule has 0 heterocycles. The Morgan fingerprint density at radius 3 is 1.75 bits per heavy atom. The maximum Gasteiger partial charge on any atom is 0.0435 e. The Balaban J connectivity index is 0.000000165. The van der Waals surface area contributed by atoms with E-state index >= 15 is 0 Å². The molecule has 0 unspecified atom stereocenters. The molecule has 2 rings (SSSR count). The van der Waals surface area contributed by atoms with E-state index < -0.39 is 0 Å². The van der Waals surface area contributed by atoms with Gasteiger partial charge in [0, 0.05) is 5.02 Å². The fourth-order valence-electron chi connectivity index (χ4n) is 1.33. The smallest absolute Gasteiger partial charge is 0.0435 e. The van der Waals surface area contributed by atoms with Crippen LogP contribution in [0, 0.1) is 20.8 Å². The maximum atomic E-state index is 5.78. The van der Waals surface area contributed by atoms with Crippen molar-refractivity contribution in [3.05, 3.63) is 70.2 Å². The summed E-state index contributed by atoms with van der Waals surface area (Å²) in [5, 5.41) is 0.848. The third-order valence-electron chi connectivity index (χ3n) is 2.25. The van der Waals surface area contributed by atoms with Gasteiger partial charge in [0.15, 0.2) is 0 Å². The summed E-state index contributed by atoms with van der Waals surface area (Å²) < 4.78 is 0. The van der Waals surface area contributed by atoms with Crippen molar-refractivity contribution in [2.75, 3.05) is 0 Å². The van der Waals surface area contributed by atoms with Crippen molar-refractivity contribution in [2.45, 2.75) is 20.8 Å².